The molecule has 0 radical (unpaired) electrons. The first-order valence-electron chi connectivity index (χ1n) is 5.79. The van der Waals surface area contributed by atoms with Crippen LogP contribution >= 0.6 is 15.9 Å². The number of hydrogen-bond acceptors (Lipinski definition) is 3. The van der Waals surface area contributed by atoms with Crippen LogP contribution in [-0.2, 0) is 10.0 Å². The summed E-state index contributed by atoms with van der Waals surface area (Å²) in [7, 11) is -3.55. The van der Waals surface area contributed by atoms with Gasteiger partial charge in [-0.2, -0.15) is 0 Å². The zero-order valence-electron chi connectivity index (χ0n) is 10.1. The van der Waals surface area contributed by atoms with E-state index in [-0.39, 0.29) is 17.4 Å². The van der Waals surface area contributed by atoms with E-state index in [9.17, 15) is 13.5 Å². The van der Waals surface area contributed by atoms with Crippen molar-refractivity contribution in [3.8, 4) is 0 Å². The van der Waals surface area contributed by atoms with Crippen LogP contribution in [-0.4, -0.2) is 25.7 Å². The first kappa shape index (κ1) is 14.0. The standard InChI is InChI=1S/C12H16BrNO3S/c1-12(15,9-2-3-9)8-14-18(16,17)11-6-4-10(13)5-7-11/h4-7,9,14-15H,2-3,8H2,1H3. The molecule has 100 valence electrons. The minimum absolute atomic E-state index is 0.0517. The minimum atomic E-state index is -3.55. The van der Waals surface area contributed by atoms with Crippen molar-refractivity contribution in [2.45, 2.75) is 30.3 Å². The highest BCUT2D eigenvalue weighted by Crippen LogP contribution is 2.39. The summed E-state index contributed by atoms with van der Waals surface area (Å²) in [5.41, 5.74) is -0.956. The molecule has 1 aliphatic rings. The molecule has 1 aromatic rings. The maximum Gasteiger partial charge on any atom is 0.240 e. The van der Waals surface area contributed by atoms with E-state index >= 15 is 0 Å². The minimum Gasteiger partial charge on any atom is -0.389 e. The van der Waals surface area contributed by atoms with Gasteiger partial charge in [-0.05, 0) is 49.9 Å². The Kier molecular flexibility index (Phi) is 3.82. The van der Waals surface area contributed by atoms with Crippen molar-refractivity contribution in [1.29, 1.82) is 0 Å². The third-order valence-electron chi connectivity index (χ3n) is 3.20. The fraction of sp³-hybridized carbons (Fsp3) is 0.500. The van der Waals surface area contributed by atoms with Crippen molar-refractivity contribution in [2.24, 2.45) is 5.92 Å². The molecule has 1 atom stereocenters. The fourth-order valence-electron chi connectivity index (χ4n) is 1.79. The van der Waals surface area contributed by atoms with Crippen LogP contribution in [0.25, 0.3) is 0 Å². The van der Waals surface area contributed by atoms with Crippen molar-refractivity contribution >= 4 is 26.0 Å². The summed E-state index contributed by atoms with van der Waals surface area (Å²) in [6.45, 7) is 1.73. The van der Waals surface area contributed by atoms with Crippen molar-refractivity contribution in [3.05, 3.63) is 28.7 Å². The Morgan fingerprint density at radius 3 is 2.44 bits per heavy atom. The molecule has 1 saturated carbocycles. The predicted molar refractivity (Wildman–Crippen MR) is 72.7 cm³/mol. The van der Waals surface area contributed by atoms with E-state index in [2.05, 4.69) is 20.7 Å². The van der Waals surface area contributed by atoms with Gasteiger partial charge in [0.2, 0.25) is 10.0 Å². The summed E-state index contributed by atoms with van der Waals surface area (Å²) in [6, 6.07) is 6.40. The van der Waals surface area contributed by atoms with Gasteiger partial charge in [0.1, 0.15) is 0 Å². The topological polar surface area (TPSA) is 66.4 Å². The van der Waals surface area contributed by atoms with E-state index < -0.39 is 15.6 Å². The summed E-state index contributed by atoms with van der Waals surface area (Å²) >= 11 is 3.26. The molecule has 6 heteroatoms. The van der Waals surface area contributed by atoms with Crippen molar-refractivity contribution in [1.82, 2.24) is 4.72 Å². The van der Waals surface area contributed by atoms with Crippen LogP contribution < -0.4 is 4.72 Å². The van der Waals surface area contributed by atoms with Crippen LogP contribution in [0.1, 0.15) is 19.8 Å². The van der Waals surface area contributed by atoms with Crippen LogP contribution in [0.3, 0.4) is 0 Å². The molecular weight excluding hydrogens is 318 g/mol. The third-order valence-corrected chi connectivity index (χ3v) is 5.15. The lowest BCUT2D eigenvalue weighted by Crippen LogP contribution is -2.42. The second-order valence-electron chi connectivity index (χ2n) is 4.91. The molecule has 1 fully saturated rings. The number of rotatable bonds is 5. The van der Waals surface area contributed by atoms with Gasteiger partial charge in [0.25, 0.3) is 0 Å². The summed E-state index contributed by atoms with van der Waals surface area (Å²) in [5, 5.41) is 10.1. The lowest BCUT2D eigenvalue weighted by Gasteiger charge is -2.23. The molecule has 0 spiro atoms. The maximum atomic E-state index is 12.0. The molecule has 0 aromatic heterocycles. The molecular formula is C12H16BrNO3S. The van der Waals surface area contributed by atoms with Gasteiger partial charge in [-0.25, -0.2) is 13.1 Å². The highest BCUT2D eigenvalue weighted by Gasteiger charge is 2.40. The number of nitrogens with one attached hydrogen (secondary N) is 1. The fourth-order valence-corrected chi connectivity index (χ4v) is 3.20. The molecule has 1 aromatic carbocycles. The van der Waals surface area contributed by atoms with Crippen molar-refractivity contribution < 1.29 is 13.5 Å². The summed E-state index contributed by atoms with van der Waals surface area (Å²) in [6.07, 6.45) is 1.93. The average molecular weight is 334 g/mol. The molecule has 1 unspecified atom stereocenters. The summed E-state index contributed by atoms with van der Waals surface area (Å²) < 4.78 is 27.3. The molecule has 0 heterocycles. The van der Waals surface area contributed by atoms with E-state index in [0.717, 1.165) is 17.3 Å². The van der Waals surface area contributed by atoms with Crippen LogP contribution in [0.5, 0.6) is 0 Å². The Morgan fingerprint density at radius 1 is 1.39 bits per heavy atom. The first-order valence-corrected chi connectivity index (χ1v) is 8.06. The van der Waals surface area contributed by atoms with Crippen molar-refractivity contribution in [2.75, 3.05) is 6.54 Å². The second kappa shape index (κ2) is 4.92. The smallest absolute Gasteiger partial charge is 0.240 e. The van der Waals surface area contributed by atoms with Gasteiger partial charge in [-0.3, -0.25) is 0 Å². The summed E-state index contributed by atoms with van der Waals surface area (Å²) in [5.74, 6) is 0.213. The molecule has 0 amide bonds. The highest BCUT2D eigenvalue weighted by atomic mass is 79.9. The second-order valence-corrected chi connectivity index (χ2v) is 7.59. The van der Waals surface area contributed by atoms with E-state index in [1.165, 1.54) is 12.1 Å². The summed E-state index contributed by atoms with van der Waals surface area (Å²) in [4.78, 5) is 0.206. The zero-order valence-corrected chi connectivity index (χ0v) is 12.5. The van der Waals surface area contributed by atoms with Gasteiger partial charge < -0.3 is 5.11 Å². The predicted octanol–water partition coefficient (Wildman–Crippen LogP) is 1.89. The van der Waals surface area contributed by atoms with Gasteiger partial charge in [-0.1, -0.05) is 15.9 Å². The Balaban J connectivity index is 2.05. The number of aliphatic hydroxyl groups is 1. The third kappa shape index (κ3) is 3.32. The maximum absolute atomic E-state index is 12.0. The van der Waals surface area contributed by atoms with E-state index in [1.54, 1.807) is 19.1 Å². The molecule has 2 N–H and O–H groups in total. The monoisotopic (exact) mass is 333 g/mol. The molecule has 4 nitrogen and oxygen atoms in total. The van der Waals surface area contributed by atoms with Gasteiger partial charge >= 0.3 is 0 Å². The SMILES string of the molecule is CC(O)(CNS(=O)(=O)c1ccc(Br)cc1)C1CC1. The number of sulfonamides is 1. The Bertz CT molecular complexity index is 521. The van der Waals surface area contributed by atoms with E-state index in [1.807, 2.05) is 0 Å². The van der Waals surface area contributed by atoms with Crippen LogP contribution in [0, 0.1) is 5.92 Å². The molecule has 2 rings (SSSR count). The van der Waals surface area contributed by atoms with Crippen LogP contribution in [0.15, 0.2) is 33.6 Å². The largest absolute Gasteiger partial charge is 0.389 e. The average Bonchev–Trinajstić information content (AvgIpc) is 3.11. The quantitative estimate of drug-likeness (QED) is 0.864. The lowest BCUT2D eigenvalue weighted by molar-refractivity contribution is 0.0422. The Labute approximate surface area is 116 Å². The lowest BCUT2D eigenvalue weighted by atomic mass is 10.0. The number of hydrogen-bond donors (Lipinski definition) is 2. The number of halogens is 1. The zero-order chi connectivity index (χ0) is 13.4. The molecule has 0 saturated heterocycles. The molecule has 0 bridgehead atoms. The van der Waals surface area contributed by atoms with Crippen molar-refractivity contribution in [3.63, 3.8) is 0 Å². The first-order chi connectivity index (χ1) is 8.31. The van der Waals surface area contributed by atoms with Crippen LogP contribution in [0.4, 0.5) is 0 Å². The van der Waals surface area contributed by atoms with Gasteiger partial charge in [0, 0.05) is 11.0 Å². The van der Waals surface area contributed by atoms with Gasteiger partial charge in [0.05, 0.1) is 10.5 Å². The van der Waals surface area contributed by atoms with Gasteiger partial charge in [-0.15, -0.1) is 0 Å². The number of benzene rings is 1. The molecule has 18 heavy (non-hydrogen) atoms. The highest BCUT2D eigenvalue weighted by molar-refractivity contribution is 9.10. The van der Waals surface area contributed by atoms with E-state index in [4.69, 9.17) is 0 Å². The van der Waals surface area contributed by atoms with Gasteiger partial charge in [0.15, 0.2) is 0 Å². The van der Waals surface area contributed by atoms with E-state index in [0.29, 0.717) is 0 Å². The Hall–Kier alpha value is -0.430. The Morgan fingerprint density at radius 2 is 1.94 bits per heavy atom. The van der Waals surface area contributed by atoms with Crippen LogP contribution in [0.2, 0.25) is 0 Å². The normalized spacial score (nSPS) is 19.5. The molecule has 0 aliphatic heterocycles. The molecule has 1 aliphatic carbocycles.